The molecular formula is C25H27N7O2. The fourth-order valence-corrected chi connectivity index (χ4v) is 4.52. The Morgan fingerprint density at radius 2 is 2.09 bits per heavy atom. The number of nitrogens with one attached hydrogen (secondary N) is 1. The van der Waals surface area contributed by atoms with Crippen molar-refractivity contribution in [3.8, 4) is 5.82 Å². The van der Waals surface area contributed by atoms with Crippen LogP contribution < -0.4 is 5.32 Å². The molecule has 1 aromatic carbocycles. The quantitative estimate of drug-likeness (QED) is 0.478. The Hall–Kier alpha value is -4.01. The fourth-order valence-electron chi connectivity index (χ4n) is 4.52. The third-order valence-electron chi connectivity index (χ3n) is 6.26. The van der Waals surface area contributed by atoms with E-state index in [-0.39, 0.29) is 17.7 Å². The third-order valence-corrected chi connectivity index (χ3v) is 6.26. The van der Waals surface area contributed by atoms with E-state index >= 15 is 0 Å². The van der Waals surface area contributed by atoms with Gasteiger partial charge in [-0.3, -0.25) is 9.59 Å². The number of benzene rings is 1. The highest BCUT2D eigenvalue weighted by molar-refractivity contribution is 5.95. The SMILES string of the molecule is CCn1cnc2cc(NC(=O)C[C@@H]3CCCN(C(=O)c4ccc(-n5cccn5)nc4)C3)ccc21. The maximum absolute atomic E-state index is 13.0. The van der Waals surface area contributed by atoms with Crippen LogP contribution in [0.15, 0.2) is 61.3 Å². The van der Waals surface area contributed by atoms with Crippen molar-refractivity contribution in [1.82, 2.24) is 29.2 Å². The fraction of sp³-hybridized carbons (Fsp3) is 0.320. The average molecular weight is 458 g/mol. The molecule has 174 valence electrons. The molecule has 0 unspecified atom stereocenters. The summed E-state index contributed by atoms with van der Waals surface area (Å²) in [4.78, 5) is 36.3. The number of carbonyl (C=O) groups excluding carboxylic acids is 2. The first-order chi connectivity index (χ1) is 16.6. The summed E-state index contributed by atoms with van der Waals surface area (Å²) >= 11 is 0. The summed E-state index contributed by atoms with van der Waals surface area (Å²) in [6.45, 7) is 4.17. The first-order valence-corrected chi connectivity index (χ1v) is 11.6. The van der Waals surface area contributed by atoms with Gasteiger partial charge in [-0.2, -0.15) is 5.10 Å². The second kappa shape index (κ2) is 9.46. The molecule has 34 heavy (non-hydrogen) atoms. The number of aryl methyl sites for hydroxylation is 1. The lowest BCUT2D eigenvalue weighted by atomic mass is 9.94. The molecule has 9 heteroatoms. The molecule has 0 spiro atoms. The van der Waals surface area contributed by atoms with Crippen molar-refractivity contribution in [2.24, 2.45) is 5.92 Å². The Bertz CT molecular complexity index is 1290. The maximum atomic E-state index is 13.0. The molecule has 4 aromatic rings. The van der Waals surface area contributed by atoms with Crippen molar-refractivity contribution in [2.45, 2.75) is 32.7 Å². The molecule has 1 N–H and O–H groups in total. The van der Waals surface area contributed by atoms with Crippen LogP contribution in [0.4, 0.5) is 5.69 Å². The van der Waals surface area contributed by atoms with E-state index in [2.05, 4.69) is 31.9 Å². The average Bonchev–Trinajstić information content (AvgIpc) is 3.54. The molecular weight excluding hydrogens is 430 g/mol. The molecule has 9 nitrogen and oxygen atoms in total. The third kappa shape index (κ3) is 4.54. The van der Waals surface area contributed by atoms with E-state index in [0.717, 1.165) is 36.1 Å². The van der Waals surface area contributed by atoms with Crippen molar-refractivity contribution < 1.29 is 9.59 Å². The summed E-state index contributed by atoms with van der Waals surface area (Å²) in [5.74, 6) is 0.687. The lowest BCUT2D eigenvalue weighted by Crippen LogP contribution is -2.41. The van der Waals surface area contributed by atoms with Crippen LogP contribution in [0.2, 0.25) is 0 Å². The molecule has 0 saturated carbocycles. The molecule has 2 amide bonds. The van der Waals surface area contributed by atoms with Gasteiger partial charge in [-0.05, 0) is 62.1 Å². The summed E-state index contributed by atoms with van der Waals surface area (Å²) in [6.07, 6.45) is 9.07. The molecule has 1 atom stereocenters. The lowest BCUT2D eigenvalue weighted by Gasteiger charge is -2.32. The number of amides is 2. The Labute approximate surface area is 197 Å². The summed E-state index contributed by atoms with van der Waals surface area (Å²) < 4.78 is 3.71. The van der Waals surface area contributed by atoms with E-state index in [1.165, 1.54) is 0 Å². The molecule has 1 saturated heterocycles. The second-order valence-corrected chi connectivity index (χ2v) is 8.60. The highest BCUT2D eigenvalue weighted by atomic mass is 16.2. The molecule has 1 aliphatic rings. The number of likely N-dealkylation sites (tertiary alicyclic amines) is 1. The van der Waals surface area contributed by atoms with Gasteiger partial charge in [-0.1, -0.05) is 0 Å². The van der Waals surface area contributed by atoms with E-state index in [9.17, 15) is 9.59 Å². The second-order valence-electron chi connectivity index (χ2n) is 8.60. The van der Waals surface area contributed by atoms with E-state index in [0.29, 0.717) is 30.9 Å². The van der Waals surface area contributed by atoms with Gasteiger partial charge in [0.2, 0.25) is 5.91 Å². The van der Waals surface area contributed by atoms with Gasteiger partial charge in [-0.15, -0.1) is 0 Å². The van der Waals surface area contributed by atoms with Crippen molar-refractivity contribution in [1.29, 1.82) is 0 Å². The zero-order valence-electron chi connectivity index (χ0n) is 19.1. The Morgan fingerprint density at radius 1 is 1.18 bits per heavy atom. The largest absolute Gasteiger partial charge is 0.338 e. The zero-order valence-corrected chi connectivity index (χ0v) is 19.1. The molecule has 1 fully saturated rings. The Kier molecular flexibility index (Phi) is 6.07. The van der Waals surface area contributed by atoms with Crippen LogP contribution in [0.25, 0.3) is 16.9 Å². The van der Waals surface area contributed by atoms with Crippen LogP contribution in [0.1, 0.15) is 36.5 Å². The summed E-state index contributed by atoms with van der Waals surface area (Å²) in [6, 6.07) is 11.2. The minimum atomic E-state index is -0.0541. The number of carbonyl (C=O) groups is 2. The molecule has 3 aromatic heterocycles. The highest BCUT2D eigenvalue weighted by Gasteiger charge is 2.26. The van der Waals surface area contributed by atoms with Crippen molar-refractivity contribution in [3.05, 3.63) is 66.9 Å². The number of fused-ring (bicyclic) bond motifs is 1. The number of nitrogens with zero attached hydrogens (tertiary/aromatic N) is 6. The van der Waals surface area contributed by atoms with Crippen molar-refractivity contribution in [3.63, 3.8) is 0 Å². The van der Waals surface area contributed by atoms with Gasteiger partial charge in [0.25, 0.3) is 5.91 Å². The summed E-state index contributed by atoms with van der Waals surface area (Å²) in [5.41, 5.74) is 3.20. The van der Waals surface area contributed by atoms with E-state index < -0.39 is 0 Å². The lowest BCUT2D eigenvalue weighted by molar-refractivity contribution is -0.117. The number of rotatable bonds is 6. The van der Waals surface area contributed by atoms with E-state index in [1.54, 1.807) is 35.4 Å². The Balaban J connectivity index is 1.18. The van der Waals surface area contributed by atoms with Crippen LogP contribution in [-0.2, 0) is 11.3 Å². The number of aromatic nitrogens is 5. The van der Waals surface area contributed by atoms with Crippen molar-refractivity contribution in [2.75, 3.05) is 18.4 Å². The number of piperidine rings is 1. The van der Waals surface area contributed by atoms with Gasteiger partial charge in [-0.25, -0.2) is 14.6 Å². The number of hydrogen-bond acceptors (Lipinski definition) is 5. The molecule has 1 aliphatic heterocycles. The van der Waals surface area contributed by atoms with Gasteiger partial charge >= 0.3 is 0 Å². The molecule has 0 aliphatic carbocycles. The highest BCUT2D eigenvalue weighted by Crippen LogP contribution is 2.23. The van der Waals surface area contributed by atoms with Gasteiger partial charge in [0, 0.05) is 50.3 Å². The van der Waals surface area contributed by atoms with Gasteiger partial charge in [0.1, 0.15) is 0 Å². The van der Waals surface area contributed by atoms with Gasteiger partial charge in [0.15, 0.2) is 5.82 Å². The zero-order chi connectivity index (χ0) is 23.5. The van der Waals surface area contributed by atoms with Gasteiger partial charge < -0.3 is 14.8 Å². The number of pyridine rings is 1. The Morgan fingerprint density at radius 3 is 2.85 bits per heavy atom. The first-order valence-electron chi connectivity index (χ1n) is 11.6. The van der Waals surface area contributed by atoms with E-state index in [4.69, 9.17) is 0 Å². The van der Waals surface area contributed by atoms with Crippen LogP contribution in [0, 0.1) is 5.92 Å². The van der Waals surface area contributed by atoms with Crippen molar-refractivity contribution >= 4 is 28.5 Å². The normalized spacial score (nSPS) is 16.0. The monoisotopic (exact) mass is 457 g/mol. The minimum absolute atomic E-state index is 0.0428. The molecule has 5 rings (SSSR count). The minimum Gasteiger partial charge on any atom is -0.338 e. The van der Waals surface area contributed by atoms with Crippen LogP contribution in [-0.4, -0.2) is 54.1 Å². The number of anilines is 1. The van der Waals surface area contributed by atoms with Gasteiger partial charge in [0.05, 0.1) is 22.9 Å². The molecule has 0 radical (unpaired) electrons. The predicted molar refractivity (Wildman–Crippen MR) is 129 cm³/mol. The van der Waals surface area contributed by atoms with Crippen LogP contribution in [0.3, 0.4) is 0 Å². The first kappa shape index (κ1) is 21.8. The van der Waals surface area contributed by atoms with E-state index in [1.807, 2.05) is 35.5 Å². The van der Waals surface area contributed by atoms with Crippen LogP contribution in [0.5, 0.6) is 0 Å². The van der Waals surface area contributed by atoms with Crippen LogP contribution >= 0.6 is 0 Å². The standard InChI is InChI=1S/C25H27N7O2/c1-2-30-17-27-21-14-20(7-8-22(21)30)29-24(33)13-18-5-3-11-31(16-18)25(34)19-6-9-23(26-15-19)32-12-4-10-28-32/h4,6-10,12,14-15,17-18H,2-3,5,11,13,16H2,1H3,(H,29,33)/t18-/m0/s1. The molecule has 0 bridgehead atoms. The summed E-state index contributed by atoms with van der Waals surface area (Å²) in [5, 5.41) is 7.15. The number of hydrogen-bond donors (Lipinski definition) is 1. The predicted octanol–water partition coefficient (Wildman–Crippen LogP) is 3.52. The number of imidazole rings is 1. The molecule has 4 heterocycles. The maximum Gasteiger partial charge on any atom is 0.255 e. The smallest absolute Gasteiger partial charge is 0.255 e. The summed E-state index contributed by atoms with van der Waals surface area (Å²) in [7, 11) is 0. The topological polar surface area (TPSA) is 97.9 Å².